The van der Waals surface area contributed by atoms with E-state index in [-0.39, 0.29) is 0 Å². The lowest BCUT2D eigenvalue weighted by Gasteiger charge is -2.23. The Bertz CT molecular complexity index is 825. The van der Waals surface area contributed by atoms with E-state index in [0.717, 1.165) is 17.5 Å². The Morgan fingerprint density at radius 3 is 2.44 bits per heavy atom. The van der Waals surface area contributed by atoms with Crippen LogP contribution in [0, 0.1) is 11.8 Å². The fourth-order valence-corrected chi connectivity index (χ4v) is 4.50. The molecule has 0 amide bonds. The van der Waals surface area contributed by atoms with Crippen LogP contribution in [0.4, 0.5) is 17.8 Å². The number of nitrogens with one attached hydrogen (secondary N) is 3. The molecule has 4 rings (SSSR count). The number of ether oxygens (including phenoxy) is 2. The van der Waals surface area contributed by atoms with Crippen LogP contribution in [0.1, 0.15) is 31.4 Å². The molecule has 0 saturated heterocycles. The molecular weight excluding hydrogens is 408 g/mol. The molecule has 32 heavy (non-hydrogen) atoms. The lowest BCUT2D eigenvalue weighted by molar-refractivity contribution is 0.0547. The maximum absolute atomic E-state index is 5.57. The third kappa shape index (κ3) is 6.72. The topological polar surface area (TPSA) is 132 Å². The van der Waals surface area contributed by atoms with Crippen molar-refractivity contribution >= 4 is 17.8 Å². The third-order valence-electron chi connectivity index (χ3n) is 6.01. The molecule has 2 bridgehead atoms. The number of hydrogen-bond donors (Lipinski definition) is 4. The van der Waals surface area contributed by atoms with Crippen molar-refractivity contribution in [3.05, 3.63) is 30.1 Å². The van der Waals surface area contributed by atoms with Crippen molar-refractivity contribution in [2.75, 3.05) is 55.5 Å². The third-order valence-corrected chi connectivity index (χ3v) is 6.01. The van der Waals surface area contributed by atoms with Gasteiger partial charge >= 0.3 is 0 Å². The van der Waals surface area contributed by atoms with Gasteiger partial charge in [0.25, 0.3) is 0 Å². The van der Waals surface area contributed by atoms with Crippen LogP contribution in [0.25, 0.3) is 0 Å². The Morgan fingerprint density at radius 2 is 1.72 bits per heavy atom. The SMILES string of the molecule is NCCOCCOCCNc1nc(NCc2ccccn2)nc(NC2CC3CCC2C3)n1. The maximum Gasteiger partial charge on any atom is 0.229 e. The largest absolute Gasteiger partial charge is 0.378 e. The van der Waals surface area contributed by atoms with Crippen molar-refractivity contribution in [1.29, 1.82) is 0 Å². The quantitative estimate of drug-likeness (QED) is 0.321. The van der Waals surface area contributed by atoms with Crippen LogP contribution in [-0.4, -0.2) is 65.5 Å². The second-order valence-corrected chi connectivity index (χ2v) is 8.35. The number of nitrogens with zero attached hydrogens (tertiary/aromatic N) is 4. The van der Waals surface area contributed by atoms with Gasteiger partial charge in [-0.3, -0.25) is 4.98 Å². The summed E-state index contributed by atoms with van der Waals surface area (Å²) in [6.07, 6.45) is 6.97. The molecule has 174 valence electrons. The van der Waals surface area contributed by atoms with Gasteiger partial charge in [0, 0.05) is 25.3 Å². The molecule has 10 heteroatoms. The van der Waals surface area contributed by atoms with E-state index in [2.05, 4.69) is 35.9 Å². The van der Waals surface area contributed by atoms with E-state index in [0.29, 0.717) is 69.9 Å². The van der Waals surface area contributed by atoms with E-state index in [9.17, 15) is 0 Å². The van der Waals surface area contributed by atoms with Gasteiger partial charge in [0.15, 0.2) is 0 Å². The Kier molecular flexibility index (Phi) is 8.41. The Morgan fingerprint density at radius 1 is 0.906 bits per heavy atom. The molecule has 2 saturated carbocycles. The first-order valence-electron chi connectivity index (χ1n) is 11.6. The van der Waals surface area contributed by atoms with Gasteiger partial charge in [0.1, 0.15) is 0 Å². The van der Waals surface area contributed by atoms with Gasteiger partial charge in [-0.25, -0.2) is 0 Å². The highest BCUT2D eigenvalue weighted by atomic mass is 16.5. The second kappa shape index (κ2) is 11.9. The van der Waals surface area contributed by atoms with Crippen LogP contribution in [0.3, 0.4) is 0 Å². The minimum atomic E-state index is 0.449. The van der Waals surface area contributed by atoms with Crippen LogP contribution in [-0.2, 0) is 16.0 Å². The lowest BCUT2D eigenvalue weighted by atomic mass is 9.95. The summed E-state index contributed by atoms with van der Waals surface area (Å²) in [5, 5.41) is 10.1. The standard InChI is InChI=1S/C22H34N8O2/c23-6-9-31-11-12-32-10-8-25-20-28-21(26-15-18-3-1-2-7-24-18)30-22(29-20)27-19-14-16-4-5-17(19)13-16/h1-3,7,16-17,19H,4-6,8-15,23H2,(H3,25,26,27,28,29,30). The molecule has 10 nitrogen and oxygen atoms in total. The van der Waals surface area contributed by atoms with Crippen LogP contribution >= 0.6 is 0 Å². The van der Waals surface area contributed by atoms with E-state index in [1.807, 2.05) is 18.2 Å². The molecule has 2 aromatic heterocycles. The normalized spacial score (nSPS) is 21.6. The molecule has 3 atom stereocenters. The summed E-state index contributed by atoms with van der Waals surface area (Å²) >= 11 is 0. The molecule has 5 N–H and O–H groups in total. The minimum absolute atomic E-state index is 0.449. The molecule has 2 fully saturated rings. The molecule has 2 aliphatic rings. The first-order valence-corrected chi connectivity index (χ1v) is 11.6. The average molecular weight is 443 g/mol. The van der Waals surface area contributed by atoms with E-state index in [1.165, 1.54) is 25.7 Å². The highest BCUT2D eigenvalue weighted by molar-refractivity contribution is 5.43. The number of fused-ring (bicyclic) bond motifs is 2. The number of anilines is 3. The van der Waals surface area contributed by atoms with Crippen molar-refractivity contribution in [2.45, 2.75) is 38.3 Å². The van der Waals surface area contributed by atoms with Gasteiger partial charge in [0.05, 0.1) is 38.7 Å². The summed E-state index contributed by atoms with van der Waals surface area (Å²) in [6.45, 7) is 3.83. The first-order chi connectivity index (χ1) is 15.8. The zero-order chi connectivity index (χ0) is 22.0. The average Bonchev–Trinajstić information content (AvgIpc) is 3.43. The summed E-state index contributed by atoms with van der Waals surface area (Å²) in [5.74, 6) is 3.24. The molecule has 0 spiro atoms. The Balaban J connectivity index is 1.32. The highest BCUT2D eigenvalue weighted by Gasteiger charge is 2.39. The molecule has 0 aliphatic heterocycles. The van der Waals surface area contributed by atoms with Crippen molar-refractivity contribution in [3.8, 4) is 0 Å². The molecule has 2 heterocycles. The van der Waals surface area contributed by atoms with Gasteiger partial charge in [-0.15, -0.1) is 0 Å². The predicted molar refractivity (Wildman–Crippen MR) is 123 cm³/mol. The summed E-state index contributed by atoms with van der Waals surface area (Å²) in [6, 6.07) is 6.28. The molecular formula is C22H34N8O2. The van der Waals surface area contributed by atoms with Crippen molar-refractivity contribution in [2.24, 2.45) is 17.6 Å². The fraction of sp³-hybridized carbons (Fsp3) is 0.636. The van der Waals surface area contributed by atoms with Crippen LogP contribution in [0.2, 0.25) is 0 Å². The lowest BCUT2D eigenvalue weighted by Crippen LogP contribution is -2.27. The van der Waals surface area contributed by atoms with Gasteiger partial charge in [-0.1, -0.05) is 12.5 Å². The summed E-state index contributed by atoms with van der Waals surface area (Å²) in [7, 11) is 0. The van der Waals surface area contributed by atoms with E-state index < -0.39 is 0 Å². The number of rotatable bonds is 14. The van der Waals surface area contributed by atoms with E-state index in [1.54, 1.807) is 6.20 Å². The Hall–Kier alpha value is -2.56. The van der Waals surface area contributed by atoms with E-state index >= 15 is 0 Å². The summed E-state index contributed by atoms with van der Waals surface area (Å²) < 4.78 is 10.9. The second-order valence-electron chi connectivity index (χ2n) is 8.35. The maximum atomic E-state index is 5.57. The number of pyridine rings is 1. The Labute approximate surface area is 189 Å². The minimum Gasteiger partial charge on any atom is -0.378 e. The van der Waals surface area contributed by atoms with Gasteiger partial charge in [-0.2, -0.15) is 15.0 Å². The van der Waals surface area contributed by atoms with Gasteiger partial charge < -0.3 is 31.2 Å². The fourth-order valence-electron chi connectivity index (χ4n) is 4.50. The molecule has 3 unspecified atom stereocenters. The van der Waals surface area contributed by atoms with Crippen molar-refractivity contribution in [1.82, 2.24) is 19.9 Å². The van der Waals surface area contributed by atoms with Crippen LogP contribution < -0.4 is 21.7 Å². The monoisotopic (exact) mass is 442 g/mol. The predicted octanol–water partition coefficient (Wildman–Crippen LogP) is 1.88. The van der Waals surface area contributed by atoms with Crippen molar-refractivity contribution < 1.29 is 9.47 Å². The van der Waals surface area contributed by atoms with Gasteiger partial charge in [0.2, 0.25) is 17.8 Å². The zero-order valence-electron chi connectivity index (χ0n) is 18.5. The smallest absolute Gasteiger partial charge is 0.229 e. The molecule has 0 radical (unpaired) electrons. The van der Waals surface area contributed by atoms with E-state index in [4.69, 9.17) is 15.2 Å². The first kappa shape index (κ1) is 22.6. The molecule has 2 aromatic rings. The number of nitrogens with two attached hydrogens (primary N) is 1. The number of aromatic nitrogens is 4. The molecule has 0 aromatic carbocycles. The van der Waals surface area contributed by atoms with Gasteiger partial charge in [-0.05, 0) is 43.2 Å². The number of hydrogen-bond acceptors (Lipinski definition) is 10. The molecule has 2 aliphatic carbocycles. The van der Waals surface area contributed by atoms with Crippen molar-refractivity contribution in [3.63, 3.8) is 0 Å². The summed E-state index contributed by atoms with van der Waals surface area (Å²) in [4.78, 5) is 18.1. The highest BCUT2D eigenvalue weighted by Crippen LogP contribution is 2.45. The zero-order valence-corrected chi connectivity index (χ0v) is 18.5. The van der Waals surface area contributed by atoms with Crippen LogP contribution in [0.15, 0.2) is 24.4 Å². The summed E-state index contributed by atoms with van der Waals surface area (Å²) in [5.41, 5.74) is 6.32. The van der Waals surface area contributed by atoms with Crippen LogP contribution in [0.5, 0.6) is 0 Å².